The summed E-state index contributed by atoms with van der Waals surface area (Å²) in [5, 5.41) is 19.1. The zero-order chi connectivity index (χ0) is 18.6. The Labute approximate surface area is 156 Å². The zero-order valence-corrected chi connectivity index (χ0v) is 15.7. The maximum atomic E-state index is 9.74. The number of nitrogens with zero attached hydrogens (tertiary/aromatic N) is 1. The molecule has 5 unspecified atom stereocenters. The van der Waals surface area contributed by atoms with Gasteiger partial charge >= 0.3 is 0 Å². The highest BCUT2D eigenvalue weighted by molar-refractivity contribution is 5.58. The van der Waals surface area contributed by atoms with Crippen LogP contribution in [0.25, 0.3) is 0 Å². The van der Waals surface area contributed by atoms with Gasteiger partial charge in [0.1, 0.15) is 12.2 Å². The molecule has 1 saturated carbocycles. The van der Waals surface area contributed by atoms with Crippen molar-refractivity contribution in [1.82, 2.24) is 0 Å². The van der Waals surface area contributed by atoms with Crippen molar-refractivity contribution in [1.29, 1.82) is 0 Å². The van der Waals surface area contributed by atoms with Crippen LogP contribution >= 0.6 is 0 Å². The fourth-order valence-corrected chi connectivity index (χ4v) is 3.43. The molecule has 0 aromatic heterocycles. The van der Waals surface area contributed by atoms with E-state index in [2.05, 4.69) is 17.1 Å². The van der Waals surface area contributed by atoms with Crippen LogP contribution < -0.4 is 0 Å². The topological polar surface area (TPSA) is 89.7 Å². The lowest BCUT2D eigenvalue weighted by molar-refractivity contribution is -0.0854. The van der Waals surface area contributed by atoms with E-state index >= 15 is 0 Å². The van der Waals surface area contributed by atoms with Gasteiger partial charge in [-0.2, -0.15) is 0 Å². The molecule has 7 nitrogen and oxygen atoms in total. The maximum Gasteiger partial charge on any atom is 0.104 e. The molecule has 5 atom stereocenters. The second-order valence-electron chi connectivity index (χ2n) is 6.96. The highest BCUT2D eigenvalue weighted by atomic mass is 16.6. The van der Waals surface area contributed by atoms with Gasteiger partial charge in [-0.25, -0.2) is 0 Å². The van der Waals surface area contributed by atoms with E-state index in [-0.39, 0.29) is 26.4 Å². The lowest BCUT2D eigenvalue weighted by Gasteiger charge is -2.19. The molecule has 7 heteroatoms. The Morgan fingerprint density at radius 1 is 1.12 bits per heavy atom. The summed E-state index contributed by atoms with van der Waals surface area (Å²) in [5.41, 5.74) is 0. The molecule has 150 valence electrons. The van der Waals surface area contributed by atoms with Crippen molar-refractivity contribution in [2.75, 3.05) is 59.9 Å². The minimum atomic E-state index is -0.742. The fourth-order valence-electron chi connectivity index (χ4n) is 3.43. The number of allylic oxidation sites excluding steroid dienone is 2. The van der Waals surface area contributed by atoms with Gasteiger partial charge in [-0.1, -0.05) is 12.2 Å². The Morgan fingerprint density at radius 3 is 2.65 bits per heavy atom. The third kappa shape index (κ3) is 7.82. The van der Waals surface area contributed by atoms with Crippen molar-refractivity contribution in [2.45, 2.75) is 25.0 Å². The van der Waals surface area contributed by atoms with Crippen molar-refractivity contribution in [3.05, 3.63) is 12.2 Å². The third-order valence-corrected chi connectivity index (χ3v) is 4.84. The fraction of sp³-hybridized carbons (Fsp3) is 0.842. The molecule has 2 aliphatic rings. The Kier molecular flexibility index (Phi) is 10.4. The van der Waals surface area contributed by atoms with Gasteiger partial charge in [0, 0.05) is 13.3 Å². The van der Waals surface area contributed by atoms with Gasteiger partial charge in [0.2, 0.25) is 0 Å². The average Bonchev–Trinajstić information content (AvgIpc) is 3.27. The summed E-state index contributed by atoms with van der Waals surface area (Å²) in [7, 11) is 1.66. The molecule has 0 amide bonds. The van der Waals surface area contributed by atoms with Crippen LogP contribution in [-0.2, 0) is 18.9 Å². The van der Waals surface area contributed by atoms with E-state index in [9.17, 15) is 10.2 Å². The van der Waals surface area contributed by atoms with Crippen molar-refractivity contribution in [3.63, 3.8) is 0 Å². The van der Waals surface area contributed by atoms with E-state index in [4.69, 9.17) is 18.9 Å². The normalized spacial score (nSPS) is 26.8. The monoisotopic (exact) mass is 371 g/mol. The van der Waals surface area contributed by atoms with E-state index in [0.29, 0.717) is 31.7 Å². The maximum absolute atomic E-state index is 9.74. The number of aliphatic hydroxyl groups is 2. The summed E-state index contributed by atoms with van der Waals surface area (Å²) in [6, 6.07) is 0. The van der Waals surface area contributed by atoms with Gasteiger partial charge in [-0.15, -0.1) is 0 Å². The van der Waals surface area contributed by atoms with Gasteiger partial charge in [0.05, 0.1) is 52.9 Å². The SMILES string of the molecule is CN=CCOCC(O)COC(CO)COCCOCC1CC2C=CC1C2. The standard InChI is InChI=1S/C19H33NO6/c1-20-4-5-23-12-18(22)13-26-19(10-21)14-25-7-6-24-11-17-9-15-2-3-16(17)8-15/h2-4,15-19,21-22H,5-14H2,1H3. The second-order valence-corrected chi connectivity index (χ2v) is 6.96. The molecule has 0 aliphatic heterocycles. The number of ether oxygens (including phenoxy) is 4. The molecule has 0 radical (unpaired) electrons. The van der Waals surface area contributed by atoms with Crippen LogP contribution in [0.15, 0.2) is 17.1 Å². The Bertz CT molecular complexity index is 430. The van der Waals surface area contributed by atoms with Crippen molar-refractivity contribution in [2.24, 2.45) is 22.7 Å². The first-order valence-electron chi connectivity index (χ1n) is 9.45. The van der Waals surface area contributed by atoms with Crippen LogP contribution in [0.1, 0.15) is 12.8 Å². The first-order valence-corrected chi connectivity index (χ1v) is 9.45. The minimum absolute atomic E-state index is 0.0894. The van der Waals surface area contributed by atoms with Crippen molar-refractivity contribution >= 4 is 6.21 Å². The minimum Gasteiger partial charge on any atom is -0.394 e. The number of rotatable bonds is 15. The average molecular weight is 371 g/mol. The smallest absolute Gasteiger partial charge is 0.104 e. The second kappa shape index (κ2) is 12.5. The molecule has 2 N–H and O–H groups in total. The lowest BCUT2D eigenvalue weighted by atomic mass is 9.95. The van der Waals surface area contributed by atoms with Crippen LogP contribution in [0.5, 0.6) is 0 Å². The predicted molar refractivity (Wildman–Crippen MR) is 98.5 cm³/mol. The largest absolute Gasteiger partial charge is 0.394 e. The van der Waals surface area contributed by atoms with Gasteiger partial charge in [0.15, 0.2) is 0 Å². The molecule has 0 aromatic carbocycles. The Hall–Kier alpha value is -0.830. The molecule has 0 spiro atoms. The van der Waals surface area contributed by atoms with Gasteiger partial charge in [-0.3, -0.25) is 4.99 Å². The van der Waals surface area contributed by atoms with Crippen LogP contribution in [0.2, 0.25) is 0 Å². The summed E-state index contributed by atoms with van der Waals surface area (Å²) in [5.74, 6) is 2.14. The van der Waals surface area contributed by atoms with Gasteiger partial charge in [-0.05, 0) is 30.6 Å². The van der Waals surface area contributed by atoms with Crippen molar-refractivity contribution < 1.29 is 29.2 Å². The van der Waals surface area contributed by atoms with Crippen LogP contribution in [-0.4, -0.2) is 88.5 Å². The first kappa shape index (κ1) is 21.5. The number of fused-ring (bicyclic) bond motifs is 2. The summed E-state index contributed by atoms with van der Waals surface area (Å²) in [6.45, 7) is 2.54. The van der Waals surface area contributed by atoms with Crippen LogP contribution in [0.4, 0.5) is 0 Å². The molecule has 1 fully saturated rings. The Balaban J connectivity index is 1.43. The molecular formula is C19H33NO6. The summed E-state index contributed by atoms with van der Waals surface area (Å²) >= 11 is 0. The number of hydrogen-bond donors (Lipinski definition) is 2. The van der Waals surface area contributed by atoms with Gasteiger partial charge < -0.3 is 29.2 Å². The molecular weight excluding hydrogens is 338 g/mol. The van der Waals surface area contributed by atoms with Crippen LogP contribution in [0, 0.1) is 17.8 Å². The number of hydrogen-bond acceptors (Lipinski definition) is 7. The Morgan fingerprint density at radius 2 is 1.96 bits per heavy atom. The summed E-state index contributed by atoms with van der Waals surface area (Å²) in [6.07, 6.45) is 7.63. The third-order valence-electron chi connectivity index (χ3n) is 4.84. The highest BCUT2D eigenvalue weighted by Gasteiger charge is 2.35. The van der Waals surface area contributed by atoms with E-state index in [0.717, 1.165) is 12.5 Å². The number of aliphatic hydroxyl groups excluding tert-OH is 2. The molecule has 0 aromatic rings. The van der Waals surface area contributed by atoms with E-state index < -0.39 is 12.2 Å². The molecule has 0 heterocycles. The highest BCUT2D eigenvalue weighted by Crippen LogP contribution is 2.43. The molecule has 26 heavy (non-hydrogen) atoms. The summed E-state index contributed by atoms with van der Waals surface area (Å²) < 4.78 is 21.9. The van der Waals surface area contributed by atoms with Gasteiger partial charge in [0.25, 0.3) is 0 Å². The van der Waals surface area contributed by atoms with E-state index in [1.165, 1.54) is 12.8 Å². The molecule has 2 aliphatic carbocycles. The van der Waals surface area contributed by atoms with E-state index in [1.54, 1.807) is 13.3 Å². The lowest BCUT2D eigenvalue weighted by Crippen LogP contribution is -2.31. The molecule has 2 rings (SSSR count). The number of aliphatic imine (C=N–C) groups is 1. The quantitative estimate of drug-likeness (QED) is 0.250. The predicted octanol–water partition coefficient (Wildman–Crippen LogP) is 0.687. The van der Waals surface area contributed by atoms with E-state index in [1.807, 2.05) is 0 Å². The zero-order valence-electron chi connectivity index (χ0n) is 15.7. The first-order chi connectivity index (χ1) is 12.7. The molecule has 0 saturated heterocycles. The molecule has 2 bridgehead atoms. The summed E-state index contributed by atoms with van der Waals surface area (Å²) in [4.78, 5) is 3.78. The van der Waals surface area contributed by atoms with Crippen LogP contribution in [0.3, 0.4) is 0 Å². The van der Waals surface area contributed by atoms with Crippen molar-refractivity contribution in [3.8, 4) is 0 Å².